The van der Waals surface area contributed by atoms with Crippen LogP contribution >= 0.6 is 11.8 Å². The molecule has 0 aliphatic carbocycles. The average Bonchev–Trinajstić information content (AvgIpc) is 2.50. The lowest BCUT2D eigenvalue weighted by Crippen LogP contribution is -2.41. The second kappa shape index (κ2) is 8.95. The van der Waals surface area contributed by atoms with Crippen molar-refractivity contribution < 1.29 is 5.11 Å². The number of hydrogen-bond acceptors (Lipinski definition) is 3. The van der Waals surface area contributed by atoms with E-state index < -0.39 is 5.60 Å². The highest BCUT2D eigenvalue weighted by molar-refractivity contribution is 7.99. The van der Waals surface area contributed by atoms with Gasteiger partial charge in [-0.25, -0.2) is 4.99 Å². The lowest BCUT2D eigenvalue weighted by atomic mass is 9.96. The molecule has 21 heavy (non-hydrogen) atoms. The number of nitrogens with one attached hydrogen (secondary N) is 2. The minimum atomic E-state index is -0.964. The summed E-state index contributed by atoms with van der Waals surface area (Å²) in [5.74, 6) is 0.745. The van der Waals surface area contributed by atoms with Gasteiger partial charge in [0.2, 0.25) is 0 Å². The van der Waals surface area contributed by atoms with Crippen molar-refractivity contribution in [2.24, 2.45) is 4.99 Å². The van der Waals surface area contributed by atoms with E-state index in [-0.39, 0.29) is 0 Å². The maximum Gasteiger partial charge on any atom is 0.191 e. The molecule has 0 spiro atoms. The minimum Gasteiger partial charge on any atom is -0.384 e. The van der Waals surface area contributed by atoms with E-state index in [9.17, 15) is 5.11 Å². The predicted octanol–water partition coefficient (Wildman–Crippen LogP) is 2.20. The molecular formula is C16H27N3OS. The van der Waals surface area contributed by atoms with Crippen molar-refractivity contribution in [2.45, 2.75) is 31.6 Å². The average molecular weight is 309 g/mol. The molecule has 1 aromatic rings. The number of aliphatic hydroxyl groups is 1. The maximum atomic E-state index is 10.6. The molecule has 4 nitrogen and oxygen atoms in total. The summed E-state index contributed by atoms with van der Waals surface area (Å²) in [6.45, 7) is 7.96. The molecule has 0 aromatic heterocycles. The third kappa shape index (κ3) is 6.40. The third-order valence-electron chi connectivity index (χ3n) is 3.24. The van der Waals surface area contributed by atoms with Gasteiger partial charge in [0.15, 0.2) is 5.96 Å². The van der Waals surface area contributed by atoms with E-state index in [4.69, 9.17) is 0 Å². The van der Waals surface area contributed by atoms with Crippen LogP contribution in [-0.4, -0.2) is 42.2 Å². The van der Waals surface area contributed by atoms with Crippen LogP contribution in [-0.2, 0) is 5.60 Å². The van der Waals surface area contributed by atoms with Crippen LogP contribution in [0.15, 0.2) is 35.3 Å². The van der Waals surface area contributed by atoms with Crippen molar-refractivity contribution in [3.8, 4) is 0 Å². The van der Waals surface area contributed by atoms with Crippen LogP contribution in [0.3, 0.4) is 0 Å². The number of rotatable bonds is 7. The van der Waals surface area contributed by atoms with Crippen LogP contribution in [0.25, 0.3) is 0 Å². The molecule has 0 bridgehead atoms. The first-order valence-corrected chi connectivity index (χ1v) is 8.61. The zero-order valence-electron chi connectivity index (χ0n) is 13.4. The van der Waals surface area contributed by atoms with Gasteiger partial charge in [-0.1, -0.05) is 37.3 Å². The molecule has 0 saturated carbocycles. The second-order valence-corrected chi connectivity index (χ2v) is 6.54. The Morgan fingerprint density at radius 3 is 2.57 bits per heavy atom. The fraction of sp³-hybridized carbons (Fsp3) is 0.562. The molecular weight excluding hydrogens is 282 g/mol. The summed E-state index contributed by atoms with van der Waals surface area (Å²) in [7, 11) is 0. The summed E-state index contributed by atoms with van der Waals surface area (Å²) in [4.78, 5) is 4.50. The topological polar surface area (TPSA) is 56.7 Å². The molecule has 0 radical (unpaired) electrons. The van der Waals surface area contributed by atoms with Crippen LogP contribution in [0, 0.1) is 0 Å². The van der Waals surface area contributed by atoms with Crippen molar-refractivity contribution in [3.63, 3.8) is 0 Å². The highest BCUT2D eigenvalue weighted by Gasteiger charge is 2.22. The van der Waals surface area contributed by atoms with Gasteiger partial charge in [0.25, 0.3) is 0 Å². The van der Waals surface area contributed by atoms with Gasteiger partial charge in [-0.15, -0.1) is 0 Å². The van der Waals surface area contributed by atoms with E-state index >= 15 is 0 Å². The summed E-state index contributed by atoms with van der Waals surface area (Å²) in [6.07, 6.45) is 2.09. The Labute approximate surface area is 132 Å². The molecule has 0 aliphatic heterocycles. The lowest BCUT2D eigenvalue weighted by Gasteiger charge is -2.22. The van der Waals surface area contributed by atoms with E-state index in [1.807, 2.05) is 49.0 Å². The molecule has 0 fully saturated rings. The lowest BCUT2D eigenvalue weighted by molar-refractivity contribution is 0.0672. The zero-order valence-corrected chi connectivity index (χ0v) is 14.2. The Hall–Kier alpha value is -1.20. The van der Waals surface area contributed by atoms with Gasteiger partial charge in [-0.2, -0.15) is 11.8 Å². The van der Waals surface area contributed by atoms with Crippen molar-refractivity contribution in [1.29, 1.82) is 0 Å². The van der Waals surface area contributed by atoms with Gasteiger partial charge in [-0.05, 0) is 25.7 Å². The van der Waals surface area contributed by atoms with E-state index in [1.165, 1.54) is 0 Å². The molecule has 2 unspecified atom stereocenters. The summed E-state index contributed by atoms with van der Waals surface area (Å²) >= 11 is 1.81. The molecule has 118 valence electrons. The van der Waals surface area contributed by atoms with Crippen molar-refractivity contribution in [1.82, 2.24) is 10.6 Å². The summed E-state index contributed by atoms with van der Waals surface area (Å²) in [5.41, 5.74) is -0.0866. The Balaban J connectivity index is 2.68. The van der Waals surface area contributed by atoms with Crippen LogP contribution in [0.1, 0.15) is 26.3 Å². The highest BCUT2D eigenvalue weighted by Crippen LogP contribution is 2.20. The number of guanidine groups is 1. The largest absolute Gasteiger partial charge is 0.384 e. The SMILES string of the molecule is CCNC(=NCC(C)(O)c1ccccc1)NCC(C)SC. The first-order chi connectivity index (χ1) is 9.99. The van der Waals surface area contributed by atoms with Crippen LogP contribution < -0.4 is 10.6 Å². The zero-order chi connectivity index (χ0) is 15.7. The maximum absolute atomic E-state index is 10.6. The quantitative estimate of drug-likeness (QED) is 0.534. The molecule has 0 heterocycles. The highest BCUT2D eigenvalue weighted by atomic mass is 32.2. The molecule has 2 atom stereocenters. The number of benzene rings is 1. The van der Waals surface area contributed by atoms with Crippen molar-refractivity contribution in [3.05, 3.63) is 35.9 Å². The second-order valence-electron chi connectivity index (χ2n) is 5.26. The minimum absolute atomic E-state index is 0.319. The van der Waals surface area contributed by atoms with Gasteiger partial charge in [-0.3, -0.25) is 0 Å². The van der Waals surface area contributed by atoms with Crippen molar-refractivity contribution in [2.75, 3.05) is 25.9 Å². The smallest absolute Gasteiger partial charge is 0.191 e. The van der Waals surface area contributed by atoms with E-state index in [2.05, 4.69) is 28.8 Å². The molecule has 0 aliphatic rings. The first kappa shape index (κ1) is 17.9. The third-order valence-corrected chi connectivity index (χ3v) is 4.22. The first-order valence-electron chi connectivity index (χ1n) is 7.32. The normalized spacial score (nSPS) is 16.1. The number of nitrogens with zero attached hydrogens (tertiary/aromatic N) is 1. The number of hydrogen-bond donors (Lipinski definition) is 3. The van der Waals surface area contributed by atoms with E-state index in [0.717, 1.165) is 24.6 Å². The van der Waals surface area contributed by atoms with Crippen LogP contribution in [0.5, 0.6) is 0 Å². The predicted molar refractivity (Wildman–Crippen MR) is 93.0 cm³/mol. The molecule has 0 saturated heterocycles. The Morgan fingerprint density at radius 2 is 2.00 bits per heavy atom. The van der Waals surface area contributed by atoms with Gasteiger partial charge >= 0.3 is 0 Å². The van der Waals surface area contributed by atoms with Crippen LogP contribution in [0.2, 0.25) is 0 Å². The summed E-state index contributed by atoms with van der Waals surface area (Å²) in [6, 6.07) is 9.64. The Bertz CT molecular complexity index is 434. The van der Waals surface area contributed by atoms with Gasteiger partial charge < -0.3 is 15.7 Å². The molecule has 0 amide bonds. The molecule has 5 heteroatoms. The van der Waals surface area contributed by atoms with Gasteiger partial charge in [0.05, 0.1) is 6.54 Å². The number of thioether (sulfide) groups is 1. The molecule has 1 aromatic carbocycles. The van der Waals surface area contributed by atoms with Crippen LogP contribution in [0.4, 0.5) is 0 Å². The summed E-state index contributed by atoms with van der Waals surface area (Å²) in [5, 5.41) is 17.6. The molecule has 3 N–H and O–H groups in total. The van der Waals surface area contributed by atoms with Gasteiger partial charge in [0.1, 0.15) is 5.60 Å². The van der Waals surface area contributed by atoms with E-state index in [1.54, 1.807) is 6.92 Å². The summed E-state index contributed by atoms with van der Waals surface area (Å²) < 4.78 is 0. The fourth-order valence-corrected chi connectivity index (χ4v) is 2.04. The standard InChI is InChI=1S/C16H27N3OS/c1-5-17-15(18-11-13(2)21-4)19-12-16(3,20)14-9-7-6-8-10-14/h6-10,13,20H,5,11-12H2,1-4H3,(H2,17,18,19). The monoisotopic (exact) mass is 309 g/mol. The van der Waals surface area contributed by atoms with E-state index in [0.29, 0.717) is 11.8 Å². The number of aliphatic imine (C=N–C) groups is 1. The Kier molecular flexibility index (Phi) is 7.61. The molecule has 1 rings (SSSR count). The Morgan fingerprint density at radius 1 is 1.33 bits per heavy atom. The van der Waals surface area contributed by atoms with Gasteiger partial charge in [0, 0.05) is 18.3 Å². The fourth-order valence-electron chi connectivity index (χ4n) is 1.79. The van der Waals surface area contributed by atoms with Crippen molar-refractivity contribution >= 4 is 17.7 Å².